The molecule has 1 heterocycles. The van der Waals surface area contributed by atoms with Crippen LogP contribution in [0.2, 0.25) is 0 Å². The van der Waals surface area contributed by atoms with Crippen LogP contribution in [0.25, 0.3) is 0 Å². The van der Waals surface area contributed by atoms with Crippen LogP contribution < -0.4 is 5.32 Å². The number of hydrogen-bond donors (Lipinski definition) is 2. The Hall–Kier alpha value is -1.71. The van der Waals surface area contributed by atoms with Crippen molar-refractivity contribution in [1.29, 1.82) is 0 Å². The van der Waals surface area contributed by atoms with Crippen LogP contribution >= 0.6 is 15.9 Å². The van der Waals surface area contributed by atoms with Gasteiger partial charge in [0.15, 0.2) is 0 Å². The van der Waals surface area contributed by atoms with E-state index in [0.717, 1.165) is 15.6 Å². The summed E-state index contributed by atoms with van der Waals surface area (Å²) in [6.45, 7) is 5.82. The highest BCUT2D eigenvalue weighted by Crippen LogP contribution is 2.25. The molecule has 2 N–H and O–H groups in total. The van der Waals surface area contributed by atoms with E-state index >= 15 is 0 Å². The normalized spacial score (nSPS) is 11.6. The number of aromatic nitrogens is 2. The van der Waals surface area contributed by atoms with Gasteiger partial charge in [0, 0.05) is 16.7 Å². The molecule has 0 atom stereocenters. The zero-order valence-corrected chi connectivity index (χ0v) is 16.6. The number of rotatable bonds is 6. The van der Waals surface area contributed by atoms with E-state index in [9.17, 15) is 13.2 Å². The Labute approximate surface area is 155 Å². The number of amides is 1. The van der Waals surface area contributed by atoms with E-state index < -0.39 is 10.1 Å². The van der Waals surface area contributed by atoms with E-state index in [1.807, 2.05) is 26.0 Å². The van der Waals surface area contributed by atoms with Crippen LogP contribution in [0, 0.1) is 20.8 Å². The third kappa shape index (κ3) is 5.13. The summed E-state index contributed by atoms with van der Waals surface area (Å²) in [5.74, 6) is -0.690. The molecule has 0 radical (unpaired) electrons. The summed E-state index contributed by atoms with van der Waals surface area (Å²) in [6.07, 6.45) is 1.72. The molecule has 0 aliphatic heterocycles. The van der Waals surface area contributed by atoms with Crippen molar-refractivity contribution < 1.29 is 17.8 Å². The largest absolute Gasteiger partial charge is 0.320 e. The molecule has 1 amide bonds. The van der Waals surface area contributed by atoms with Gasteiger partial charge in [-0.15, -0.1) is 0 Å². The predicted molar refractivity (Wildman–Crippen MR) is 99.6 cm³/mol. The molecule has 0 aliphatic carbocycles. The smallest absolute Gasteiger partial charge is 0.274 e. The molecule has 2 rings (SSSR count). The van der Waals surface area contributed by atoms with Crippen molar-refractivity contribution >= 4 is 37.6 Å². The van der Waals surface area contributed by atoms with Gasteiger partial charge >= 0.3 is 0 Å². The van der Waals surface area contributed by atoms with Gasteiger partial charge in [0.25, 0.3) is 16.0 Å². The lowest BCUT2D eigenvalue weighted by molar-refractivity contribution is 0.101. The Kier molecular flexibility index (Phi) is 6.02. The van der Waals surface area contributed by atoms with Crippen LogP contribution in [0.3, 0.4) is 0 Å². The van der Waals surface area contributed by atoms with Crippen LogP contribution in [0.15, 0.2) is 22.8 Å². The standard InChI is InChI=1S/C16H20BrN3O4S/c1-10-8-14(11(2)7-13(10)17)19-16(21)15-12(3)9-18-20(15)5-4-6-25(22,23)24/h7-9H,4-6H2,1-3H3,(H,19,21)(H,22,23,24). The number of benzene rings is 1. The summed E-state index contributed by atoms with van der Waals surface area (Å²) in [6, 6.07) is 3.81. The van der Waals surface area contributed by atoms with Crippen LogP contribution in [-0.2, 0) is 16.7 Å². The topological polar surface area (TPSA) is 101 Å². The highest BCUT2D eigenvalue weighted by atomic mass is 79.9. The Morgan fingerprint density at radius 2 is 1.92 bits per heavy atom. The summed E-state index contributed by atoms with van der Waals surface area (Å²) < 4.78 is 32.9. The molecule has 25 heavy (non-hydrogen) atoms. The number of carbonyl (C=O) groups is 1. The quantitative estimate of drug-likeness (QED) is 0.686. The van der Waals surface area contributed by atoms with Gasteiger partial charge in [-0.05, 0) is 56.0 Å². The van der Waals surface area contributed by atoms with E-state index in [-0.39, 0.29) is 24.6 Å². The zero-order valence-electron chi connectivity index (χ0n) is 14.2. The van der Waals surface area contributed by atoms with Crippen molar-refractivity contribution in [2.24, 2.45) is 0 Å². The van der Waals surface area contributed by atoms with Crippen LogP contribution in [0.4, 0.5) is 5.69 Å². The molecule has 0 saturated heterocycles. The SMILES string of the molecule is Cc1cc(NC(=O)c2c(C)cnn2CCCS(=O)(=O)O)c(C)cc1Br. The Morgan fingerprint density at radius 1 is 1.24 bits per heavy atom. The van der Waals surface area contributed by atoms with E-state index in [0.29, 0.717) is 16.9 Å². The molecule has 0 spiro atoms. The van der Waals surface area contributed by atoms with Gasteiger partial charge in [-0.2, -0.15) is 13.5 Å². The van der Waals surface area contributed by atoms with Crippen molar-refractivity contribution in [2.75, 3.05) is 11.1 Å². The summed E-state index contributed by atoms with van der Waals surface area (Å²) in [7, 11) is -4.03. The van der Waals surface area contributed by atoms with Gasteiger partial charge in [0.1, 0.15) is 5.69 Å². The average molecular weight is 430 g/mol. The second kappa shape index (κ2) is 7.67. The maximum Gasteiger partial charge on any atom is 0.274 e. The summed E-state index contributed by atoms with van der Waals surface area (Å²) >= 11 is 3.46. The lowest BCUT2D eigenvalue weighted by Crippen LogP contribution is -2.20. The first-order valence-electron chi connectivity index (χ1n) is 7.64. The monoisotopic (exact) mass is 429 g/mol. The maximum absolute atomic E-state index is 12.7. The Bertz CT molecular complexity index is 906. The van der Waals surface area contributed by atoms with Gasteiger partial charge < -0.3 is 5.32 Å². The number of hydrogen-bond acceptors (Lipinski definition) is 4. The second-order valence-electron chi connectivity index (χ2n) is 5.91. The summed E-state index contributed by atoms with van der Waals surface area (Å²) in [5.41, 5.74) is 3.68. The zero-order chi connectivity index (χ0) is 18.8. The Morgan fingerprint density at radius 3 is 2.56 bits per heavy atom. The van der Waals surface area contributed by atoms with Crippen molar-refractivity contribution in [3.05, 3.63) is 45.2 Å². The first-order chi connectivity index (χ1) is 11.6. The number of anilines is 1. The fraction of sp³-hybridized carbons (Fsp3) is 0.375. The molecular formula is C16H20BrN3O4S. The average Bonchev–Trinajstić information content (AvgIpc) is 2.84. The van der Waals surface area contributed by atoms with Crippen molar-refractivity contribution in [2.45, 2.75) is 33.7 Å². The van der Waals surface area contributed by atoms with E-state index in [1.165, 1.54) is 4.68 Å². The molecule has 1 aromatic heterocycles. The van der Waals surface area contributed by atoms with Crippen molar-refractivity contribution in [3.8, 4) is 0 Å². The second-order valence-corrected chi connectivity index (χ2v) is 8.34. The highest BCUT2D eigenvalue weighted by molar-refractivity contribution is 9.10. The molecule has 0 fully saturated rings. The van der Waals surface area contributed by atoms with Crippen molar-refractivity contribution in [3.63, 3.8) is 0 Å². The molecule has 0 saturated carbocycles. The first kappa shape index (κ1) is 19.6. The molecule has 136 valence electrons. The summed E-state index contributed by atoms with van der Waals surface area (Å²) in [5, 5.41) is 7.00. The predicted octanol–water partition coefficient (Wildman–Crippen LogP) is 3.10. The molecule has 2 aromatic rings. The highest BCUT2D eigenvalue weighted by Gasteiger charge is 2.18. The fourth-order valence-corrected chi connectivity index (χ4v) is 3.39. The minimum Gasteiger partial charge on any atom is -0.320 e. The van der Waals surface area contributed by atoms with Gasteiger partial charge in [0.2, 0.25) is 0 Å². The van der Waals surface area contributed by atoms with Crippen molar-refractivity contribution in [1.82, 2.24) is 9.78 Å². The van der Waals surface area contributed by atoms with Gasteiger partial charge in [0.05, 0.1) is 11.9 Å². The van der Waals surface area contributed by atoms with Crippen LogP contribution in [0.1, 0.15) is 33.6 Å². The van der Waals surface area contributed by atoms with E-state index in [1.54, 1.807) is 13.1 Å². The molecular weight excluding hydrogens is 410 g/mol. The Balaban J connectivity index is 2.19. The first-order valence-corrected chi connectivity index (χ1v) is 10.0. The van der Waals surface area contributed by atoms with E-state index in [2.05, 4.69) is 26.3 Å². The summed E-state index contributed by atoms with van der Waals surface area (Å²) in [4.78, 5) is 12.7. The minimum absolute atomic E-state index is 0.163. The number of nitrogens with zero attached hydrogens (tertiary/aromatic N) is 2. The third-order valence-corrected chi connectivity index (χ3v) is 5.42. The van der Waals surface area contributed by atoms with Crippen LogP contribution in [-0.4, -0.2) is 34.4 Å². The number of nitrogens with one attached hydrogen (secondary N) is 1. The molecule has 7 nitrogen and oxygen atoms in total. The fourth-order valence-electron chi connectivity index (χ4n) is 2.44. The molecule has 1 aromatic carbocycles. The van der Waals surface area contributed by atoms with E-state index in [4.69, 9.17) is 4.55 Å². The molecule has 0 aliphatic rings. The molecule has 0 unspecified atom stereocenters. The van der Waals surface area contributed by atoms with Gasteiger partial charge in [-0.25, -0.2) is 0 Å². The number of carbonyl (C=O) groups excluding carboxylic acids is 1. The third-order valence-electron chi connectivity index (χ3n) is 3.76. The lowest BCUT2D eigenvalue weighted by Gasteiger charge is -2.12. The van der Waals surface area contributed by atoms with Crippen LogP contribution in [0.5, 0.6) is 0 Å². The van der Waals surface area contributed by atoms with Gasteiger partial charge in [-0.1, -0.05) is 15.9 Å². The number of aryl methyl sites for hydroxylation is 4. The van der Waals surface area contributed by atoms with Gasteiger partial charge in [-0.3, -0.25) is 14.0 Å². The lowest BCUT2D eigenvalue weighted by atomic mass is 10.1. The molecule has 0 bridgehead atoms. The molecule has 9 heteroatoms. The minimum atomic E-state index is -4.03. The number of halogens is 1. The maximum atomic E-state index is 12.7.